The van der Waals surface area contributed by atoms with Crippen molar-refractivity contribution in [2.24, 2.45) is 5.18 Å². The molecular formula is C23H18N4O5. The number of pyridine rings is 1. The monoisotopic (exact) mass is 430 g/mol. The summed E-state index contributed by atoms with van der Waals surface area (Å²) in [6.45, 7) is 1.78. The van der Waals surface area contributed by atoms with Gasteiger partial charge in [0.25, 0.3) is 12.2 Å². The number of nitrogens with zero attached hydrogens (tertiary/aromatic N) is 3. The number of nitriles is 1. The number of nitrogens with one attached hydrogen (secondary N) is 1. The lowest BCUT2D eigenvalue weighted by atomic mass is 10.1. The molecule has 2 N–H and O–H groups in total. The number of nitroso groups, excluding NO2 is 1. The summed E-state index contributed by atoms with van der Waals surface area (Å²) in [5, 5.41) is 24.5. The Kier molecular flexibility index (Phi) is 7.12. The van der Waals surface area contributed by atoms with Crippen LogP contribution in [0.3, 0.4) is 0 Å². The van der Waals surface area contributed by atoms with E-state index in [0.29, 0.717) is 17.3 Å². The van der Waals surface area contributed by atoms with E-state index in [0.717, 1.165) is 5.56 Å². The third-order valence-corrected chi connectivity index (χ3v) is 4.21. The van der Waals surface area contributed by atoms with Crippen LogP contribution >= 0.6 is 0 Å². The zero-order chi connectivity index (χ0) is 22.9. The lowest BCUT2D eigenvalue weighted by Crippen LogP contribution is -2.13. The number of rotatable bonds is 8. The first kappa shape index (κ1) is 22.0. The summed E-state index contributed by atoms with van der Waals surface area (Å²) in [6, 6.07) is 12.4. The molecule has 0 aliphatic heterocycles. The number of aryl methyl sites for hydroxylation is 1. The van der Waals surface area contributed by atoms with E-state index in [4.69, 9.17) is 14.7 Å². The number of hydrogen-bond acceptors (Lipinski definition) is 8. The van der Waals surface area contributed by atoms with Crippen LogP contribution in [0.15, 0.2) is 66.0 Å². The average molecular weight is 430 g/mol. The fourth-order valence-electron chi connectivity index (χ4n) is 2.69. The van der Waals surface area contributed by atoms with Crippen LogP contribution in [0.1, 0.15) is 21.5 Å². The van der Waals surface area contributed by atoms with E-state index in [-0.39, 0.29) is 29.2 Å². The number of amides is 1. The fourth-order valence-corrected chi connectivity index (χ4v) is 2.69. The summed E-state index contributed by atoms with van der Waals surface area (Å²) in [5.41, 5.74) is 1.34. The van der Waals surface area contributed by atoms with Gasteiger partial charge in [-0.1, -0.05) is 17.3 Å². The van der Waals surface area contributed by atoms with Gasteiger partial charge in [-0.2, -0.15) is 4.91 Å². The van der Waals surface area contributed by atoms with Crippen molar-refractivity contribution < 1.29 is 19.4 Å². The quantitative estimate of drug-likeness (QED) is 0.388. The molecule has 0 atom stereocenters. The molecule has 0 aliphatic carbocycles. The third-order valence-electron chi connectivity index (χ3n) is 4.21. The van der Waals surface area contributed by atoms with E-state index in [1.807, 2.05) is 13.0 Å². The number of aromatic nitrogens is 1. The van der Waals surface area contributed by atoms with Crippen molar-refractivity contribution in [1.82, 2.24) is 4.98 Å². The number of benzene rings is 2. The Balaban J connectivity index is 1.93. The van der Waals surface area contributed by atoms with Crippen LogP contribution < -0.4 is 14.8 Å². The summed E-state index contributed by atoms with van der Waals surface area (Å²) in [7, 11) is 0. The fraction of sp³-hybridized carbons (Fsp3) is 0.0870. The molecule has 1 aromatic heterocycles. The molecule has 2 aromatic carbocycles. The van der Waals surface area contributed by atoms with Gasteiger partial charge in [0, 0.05) is 11.8 Å². The van der Waals surface area contributed by atoms with Gasteiger partial charge in [0.2, 0.25) is 0 Å². The van der Waals surface area contributed by atoms with E-state index >= 15 is 0 Å². The summed E-state index contributed by atoms with van der Waals surface area (Å²) in [6.07, 6.45) is 6.12. The van der Waals surface area contributed by atoms with E-state index in [1.165, 1.54) is 36.4 Å². The van der Waals surface area contributed by atoms with Crippen LogP contribution in [0.5, 0.6) is 23.0 Å². The Morgan fingerprint density at radius 3 is 2.62 bits per heavy atom. The Morgan fingerprint density at radius 1 is 1.22 bits per heavy atom. The van der Waals surface area contributed by atoms with E-state index in [1.54, 1.807) is 30.7 Å². The molecule has 9 nitrogen and oxygen atoms in total. The highest BCUT2D eigenvalue weighted by Crippen LogP contribution is 2.35. The Bertz CT molecular complexity index is 1180. The standard InChI is InChI=1S/C23H18N4O5/c1-15-4-9-22(25-13-15)27-23(29)16-11-20(28)19(3-2-10-26-30)21(12-16)32-18-7-5-17(6-8-18)31-14-24/h2-9,11-13,28H,10H2,1H3,(H,25,27,29)/b3-2+. The summed E-state index contributed by atoms with van der Waals surface area (Å²) >= 11 is 0. The number of aromatic hydroxyl groups is 1. The van der Waals surface area contributed by atoms with Crippen LogP contribution in [-0.4, -0.2) is 22.5 Å². The molecule has 32 heavy (non-hydrogen) atoms. The SMILES string of the molecule is Cc1ccc(NC(=O)c2cc(O)c(/C=C/CN=O)c(Oc3ccc(OC#N)cc3)c2)nc1. The molecule has 0 spiro atoms. The van der Waals surface area contributed by atoms with Crippen molar-refractivity contribution in [1.29, 1.82) is 5.26 Å². The minimum atomic E-state index is -0.496. The van der Waals surface area contributed by atoms with Gasteiger partial charge in [-0.05, 0) is 61.0 Å². The number of ether oxygens (including phenoxy) is 2. The molecule has 0 aliphatic rings. The zero-order valence-electron chi connectivity index (χ0n) is 17.0. The number of phenolic OH excluding ortho intramolecular Hbond substituents is 1. The highest BCUT2D eigenvalue weighted by Gasteiger charge is 2.16. The van der Waals surface area contributed by atoms with E-state index in [9.17, 15) is 14.8 Å². The number of phenols is 1. The molecule has 3 aromatic rings. The second-order valence-electron chi connectivity index (χ2n) is 6.56. The van der Waals surface area contributed by atoms with Crippen LogP contribution in [-0.2, 0) is 0 Å². The molecule has 3 rings (SSSR count). The maximum Gasteiger partial charge on any atom is 0.292 e. The highest BCUT2D eigenvalue weighted by molar-refractivity contribution is 6.04. The van der Waals surface area contributed by atoms with Crippen LogP contribution in [0.4, 0.5) is 5.82 Å². The predicted molar refractivity (Wildman–Crippen MR) is 117 cm³/mol. The van der Waals surface area contributed by atoms with Crippen molar-refractivity contribution >= 4 is 17.8 Å². The second-order valence-corrected chi connectivity index (χ2v) is 6.56. The van der Waals surface area contributed by atoms with Crippen molar-refractivity contribution in [3.63, 3.8) is 0 Å². The normalized spacial score (nSPS) is 10.4. The van der Waals surface area contributed by atoms with Gasteiger partial charge in [0.05, 0.1) is 12.1 Å². The largest absolute Gasteiger partial charge is 0.507 e. The van der Waals surface area contributed by atoms with Crippen molar-refractivity contribution in [3.8, 4) is 29.3 Å². The maximum atomic E-state index is 12.7. The minimum Gasteiger partial charge on any atom is -0.507 e. The van der Waals surface area contributed by atoms with Gasteiger partial charge in [-0.25, -0.2) is 4.98 Å². The Labute approximate surface area is 183 Å². The smallest absolute Gasteiger partial charge is 0.292 e. The number of hydrogen-bond donors (Lipinski definition) is 2. The maximum absolute atomic E-state index is 12.7. The lowest BCUT2D eigenvalue weighted by Gasteiger charge is -2.13. The number of carbonyl (C=O) groups is 1. The molecule has 1 heterocycles. The second kappa shape index (κ2) is 10.4. The van der Waals surface area contributed by atoms with Crippen LogP contribution in [0.2, 0.25) is 0 Å². The van der Waals surface area contributed by atoms with Crippen molar-refractivity contribution in [2.75, 3.05) is 11.9 Å². The molecule has 0 fully saturated rings. The van der Waals surface area contributed by atoms with Gasteiger partial charge in [0.15, 0.2) is 0 Å². The first-order valence-corrected chi connectivity index (χ1v) is 9.40. The number of carbonyl (C=O) groups excluding carboxylic acids is 1. The Morgan fingerprint density at radius 2 is 1.97 bits per heavy atom. The van der Waals surface area contributed by atoms with Gasteiger partial charge >= 0.3 is 0 Å². The van der Waals surface area contributed by atoms with Crippen molar-refractivity contribution in [2.45, 2.75) is 6.92 Å². The zero-order valence-corrected chi connectivity index (χ0v) is 17.0. The summed E-state index contributed by atoms with van der Waals surface area (Å²) in [5.74, 6) is 0.509. The van der Waals surface area contributed by atoms with Crippen molar-refractivity contribution in [3.05, 3.63) is 82.4 Å². The molecule has 1 amide bonds. The molecule has 0 radical (unpaired) electrons. The number of anilines is 1. The molecule has 0 saturated heterocycles. The first-order chi connectivity index (χ1) is 15.5. The molecule has 0 unspecified atom stereocenters. The highest BCUT2D eigenvalue weighted by atomic mass is 16.5. The third kappa shape index (κ3) is 5.67. The van der Waals surface area contributed by atoms with Gasteiger partial charge in [-0.3, -0.25) is 4.79 Å². The van der Waals surface area contributed by atoms with E-state index in [2.05, 4.69) is 15.5 Å². The molecule has 9 heteroatoms. The first-order valence-electron chi connectivity index (χ1n) is 9.40. The topological polar surface area (TPSA) is 134 Å². The van der Waals surface area contributed by atoms with E-state index < -0.39 is 5.91 Å². The molecule has 0 bridgehead atoms. The van der Waals surface area contributed by atoms with Crippen LogP contribution in [0, 0.1) is 23.3 Å². The van der Waals surface area contributed by atoms with Gasteiger partial charge in [-0.15, -0.1) is 5.26 Å². The van der Waals surface area contributed by atoms with Crippen LogP contribution in [0.25, 0.3) is 6.08 Å². The summed E-state index contributed by atoms with van der Waals surface area (Å²) < 4.78 is 10.6. The van der Waals surface area contributed by atoms with Gasteiger partial charge < -0.3 is 19.9 Å². The summed E-state index contributed by atoms with van der Waals surface area (Å²) in [4.78, 5) is 27.2. The molecular weight excluding hydrogens is 412 g/mol. The minimum absolute atomic E-state index is 0.0968. The Hall–Kier alpha value is -4.71. The lowest BCUT2D eigenvalue weighted by molar-refractivity contribution is 0.102. The molecule has 160 valence electrons. The molecule has 0 saturated carbocycles. The average Bonchev–Trinajstić information content (AvgIpc) is 2.78. The predicted octanol–water partition coefficient (Wildman–Crippen LogP) is 4.78. The van der Waals surface area contributed by atoms with Gasteiger partial charge in [0.1, 0.15) is 28.8 Å².